The number of hydrogen-bond acceptors (Lipinski definition) is 3. The number of carbonyl (C=O) groups excluding carboxylic acids is 1. The van der Waals surface area contributed by atoms with Gasteiger partial charge in [-0.1, -0.05) is 36.5 Å². The Balaban J connectivity index is 2.44. The average Bonchev–Trinajstić information content (AvgIpc) is 2.33. The first kappa shape index (κ1) is 16.5. The van der Waals surface area contributed by atoms with Crippen molar-refractivity contribution in [2.75, 3.05) is 22.6 Å². The fraction of sp³-hybridized carbons (Fsp3) is 0.462. The number of halogens is 2. The van der Waals surface area contributed by atoms with Crippen LogP contribution in [0.1, 0.15) is 26.2 Å². The summed E-state index contributed by atoms with van der Waals surface area (Å²) in [6.45, 7) is 2.15. The third kappa shape index (κ3) is 5.93. The molecular formula is C13H18Cl2N2OS. The second-order valence-corrected chi connectivity index (χ2v) is 6.16. The van der Waals surface area contributed by atoms with E-state index in [1.807, 2.05) is 0 Å². The van der Waals surface area contributed by atoms with E-state index in [1.165, 1.54) is 12.8 Å². The predicted molar refractivity (Wildman–Crippen MR) is 86.4 cm³/mol. The highest BCUT2D eigenvalue weighted by atomic mass is 35.5. The molecule has 0 spiro atoms. The highest BCUT2D eigenvalue weighted by Gasteiger charge is 2.10. The maximum absolute atomic E-state index is 11.8. The van der Waals surface area contributed by atoms with E-state index >= 15 is 0 Å². The van der Waals surface area contributed by atoms with Crippen molar-refractivity contribution in [3.8, 4) is 0 Å². The van der Waals surface area contributed by atoms with Crippen molar-refractivity contribution in [1.29, 1.82) is 0 Å². The number of benzene rings is 1. The fourth-order valence-electron chi connectivity index (χ4n) is 1.43. The summed E-state index contributed by atoms with van der Waals surface area (Å²) in [7, 11) is 0. The lowest BCUT2D eigenvalue weighted by atomic mass is 10.2. The summed E-state index contributed by atoms with van der Waals surface area (Å²) < 4.78 is 0. The van der Waals surface area contributed by atoms with E-state index in [2.05, 4.69) is 12.2 Å². The molecule has 106 valence electrons. The van der Waals surface area contributed by atoms with Gasteiger partial charge in [0.05, 0.1) is 15.7 Å². The van der Waals surface area contributed by atoms with Gasteiger partial charge in [0.25, 0.3) is 0 Å². The van der Waals surface area contributed by atoms with Crippen molar-refractivity contribution in [3.63, 3.8) is 0 Å². The molecule has 1 aromatic rings. The van der Waals surface area contributed by atoms with E-state index in [-0.39, 0.29) is 5.91 Å². The number of rotatable bonds is 7. The lowest BCUT2D eigenvalue weighted by Gasteiger charge is -2.10. The Hall–Kier alpha value is -0.580. The van der Waals surface area contributed by atoms with Gasteiger partial charge in [0.1, 0.15) is 0 Å². The number of nitrogens with two attached hydrogens (primary N) is 1. The van der Waals surface area contributed by atoms with E-state index in [0.29, 0.717) is 27.8 Å². The minimum atomic E-state index is -0.0856. The molecule has 0 unspecified atom stereocenters. The van der Waals surface area contributed by atoms with Gasteiger partial charge in [-0.3, -0.25) is 4.79 Å². The third-order valence-corrected chi connectivity index (χ3v) is 4.11. The van der Waals surface area contributed by atoms with E-state index in [9.17, 15) is 4.79 Å². The van der Waals surface area contributed by atoms with Crippen molar-refractivity contribution in [3.05, 3.63) is 22.2 Å². The molecule has 0 heterocycles. The first-order chi connectivity index (χ1) is 9.04. The van der Waals surface area contributed by atoms with Crippen molar-refractivity contribution in [2.24, 2.45) is 0 Å². The monoisotopic (exact) mass is 320 g/mol. The van der Waals surface area contributed by atoms with Gasteiger partial charge < -0.3 is 11.1 Å². The summed E-state index contributed by atoms with van der Waals surface area (Å²) in [6.07, 6.45) is 2.81. The molecule has 0 radical (unpaired) electrons. The Morgan fingerprint density at radius 3 is 2.53 bits per heavy atom. The Morgan fingerprint density at radius 2 is 1.95 bits per heavy atom. The molecule has 0 bridgehead atoms. The molecular weight excluding hydrogens is 303 g/mol. The summed E-state index contributed by atoms with van der Waals surface area (Å²) in [4.78, 5) is 11.8. The Morgan fingerprint density at radius 1 is 1.32 bits per heavy atom. The van der Waals surface area contributed by atoms with Gasteiger partial charge in [0.15, 0.2) is 0 Å². The summed E-state index contributed by atoms with van der Waals surface area (Å²) in [6, 6.07) is 3.14. The minimum absolute atomic E-state index is 0.0856. The van der Waals surface area contributed by atoms with Crippen LogP contribution in [0.25, 0.3) is 0 Å². The number of hydrogen-bond donors (Lipinski definition) is 2. The molecule has 1 aromatic carbocycles. The van der Waals surface area contributed by atoms with Crippen LogP contribution in [0.4, 0.5) is 11.4 Å². The lowest BCUT2D eigenvalue weighted by molar-refractivity contribution is -0.115. The maximum Gasteiger partial charge on any atom is 0.225 e. The van der Waals surface area contributed by atoms with Crippen molar-refractivity contribution in [2.45, 2.75) is 26.2 Å². The zero-order chi connectivity index (χ0) is 14.3. The van der Waals surface area contributed by atoms with Gasteiger partial charge in [-0.25, -0.2) is 0 Å². The number of nitrogens with one attached hydrogen (secondary N) is 1. The van der Waals surface area contributed by atoms with Gasteiger partial charge in [0.2, 0.25) is 5.91 Å². The topological polar surface area (TPSA) is 55.1 Å². The largest absolute Gasteiger partial charge is 0.399 e. The van der Waals surface area contributed by atoms with Crippen LogP contribution in [-0.4, -0.2) is 17.4 Å². The molecule has 3 N–H and O–H groups in total. The fourth-order valence-corrected chi connectivity index (χ4v) is 3.05. The van der Waals surface area contributed by atoms with Gasteiger partial charge in [0, 0.05) is 17.9 Å². The van der Waals surface area contributed by atoms with Crippen LogP contribution >= 0.6 is 35.0 Å². The maximum atomic E-state index is 11.8. The molecule has 0 fully saturated rings. The van der Waals surface area contributed by atoms with E-state index < -0.39 is 0 Å². The second kappa shape index (κ2) is 8.56. The molecule has 0 atom stereocenters. The van der Waals surface area contributed by atoms with Crippen molar-refractivity contribution in [1.82, 2.24) is 0 Å². The Kier molecular flexibility index (Phi) is 7.42. The summed E-state index contributed by atoms with van der Waals surface area (Å²) in [5.41, 5.74) is 6.51. The SMILES string of the molecule is CCCCSCCC(=O)Nc1c(Cl)cc(N)cc1Cl. The lowest BCUT2D eigenvalue weighted by Crippen LogP contribution is -2.13. The highest BCUT2D eigenvalue weighted by molar-refractivity contribution is 7.99. The first-order valence-electron chi connectivity index (χ1n) is 6.16. The summed E-state index contributed by atoms with van der Waals surface area (Å²) in [5, 5.41) is 3.44. The molecule has 6 heteroatoms. The smallest absolute Gasteiger partial charge is 0.225 e. The normalized spacial score (nSPS) is 10.5. The average molecular weight is 321 g/mol. The number of anilines is 2. The summed E-state index contributed by atoms with van der Waals surface area (Å²) >= 11 is 13.8. The van der Waals surface area contributed by atoms with Crippen molar-refractivity contribution >= 4 is 52.2 Å². The molecule has 0 aliphatic rings. The van der Waals surface area contributed by atoms with Crippen LogP contribution in [0, 0.1) is 0 Å². The molecule has 3 nitrogen and oxygen atoms in total. The van der Waals surface area contributed by atoms with Crippen LogP contribution in [0.3, 0.4) is 0 Å². The zero-order valence-electron chi connectivity index (χ0n) is 10.8. The molecule has 1 amide bonds. The third-order valence-electron chi connectivity index (χ3n) is 2.44. The quantitative estimate of drug-likeness (QED) is 0.577. The number of carbonyl (C=O) groups is 1. The summed E-state index contributed by atoms with van der Waals surface area (Å²) in [5.74, 6) is 1.81. The highest BCUT2D eigenvalue weighted by Crippen LogP contribution is 2.32. The second-order valence-electron chi connectivity index (χ2n) is 4.12. The van der Waals surface area contributed by atoms with Gasteiger partial charge in [-0.2, -0.15) is 11.8 Å². The number of amides is 1. The predicted octanol–water partition coefficient (Wildman–Crippen LogP) is 4.44. The van der Waals surface area contributed by atoms with Gasteiger partial charge in [-0.05, 0) is 24.3 Å². The molecule has 0 saturated heterocycles. The Bertz CT molecular complexity index is 418. The molecule has 19 heavy (non-hydrogen) atoms. The van der Waals surface area contributed by atoms with E-state index in [1.54, 1.807) is 23.9 Å². The number of unbranched alkanes of at least 4 members (excludes halogenated alkanes) is 1. The zero-order valence-corrected chi connectivity index (χ0v) is 13.2. The minimum Gasteiger partial charge on any atom is -0.399 e. The molecule has 1 rings (SSSR count). The first-order valence-corrected chi connectivity index (χ1v) is 8.07. The molecule has 0 aliphatic heterocycles. The number of thioether (sulfide) groups is 1. The molecule has 0 aliphatic carbocycles. The molecule has 0 aromatic heterocycles. The van der Waals surface area contributed by atoms with Crippen LogP contribution in [0.2, 0.25) is 10.0 Å². The molecule has 0 saturated carbocycles. The van der Waals surface area contributed by atoms with Crippen LogP contribution in [0.5, 0.6) is 0 Å². The van der Waals surface area contributed by atoms with Crippen LogP contribution < -0.4 is 11.1 Å². The Labute approximate surface area is 128 Å². The van der Waals surface area contributed by atoms with Gasteiger partial charge >= 0.3 is 0 Å². The van der Waals surface area contributed by atoms with Crippen LogP contribution in [-0.2, 0) is 4.79 Å². The van der Waals surface area contributed by atoms with Gasteiger partial charge in [-0.15, -0.1) is 0 Å². The number of nitrogen functional groups attached to an aromatic ring is 1. The van der Waals surface area contributed by atoms with Crippen LogP contribution in [0.15, 0.2) is 12.1 Å². The standard InChI is InChI=1S/C13H18Cl2N2OS/c1-2-3-5-19-6-4-12(18)17-13-10(14)7-9(16)8-11(13)15/h7-8H,2-6,16H2,1H3,(H,17,18). The van der Waals surface area contributed by atoms with E-state index in [0.717, 1.165) is 11.5 Å². The van der Waals surface area contributed by atoms with E-state index in [4.69, 9.17) is 28.9 Å². The van der Waals surface area contributed by atoms with Crippen molar-refractivity contribution < 1.29 is 4.79 Å².